The van der Waals surface area contributed by atoms with Crippen LogP contribution in [0.1, 0.15) is 45.1 Å². The lowest BCUT2D eigenvalue weighted by molar-refractivity contribution is -0.150. The second-order valence-corrected chi connectivity index (χ2v) is 12.4. The largest absolute Gasteiger partial charge is 0.462 e. The van der Waals surface area contributed by atoms with Crippen molar-refractivity contribution in [1.82, 2.24) is 9.21 Å². The summed E-state index contributed by atoms with van der Waals surface area (Å²) in [4.78, 5) is 17.6. The fourth-order valence-corrected chi connectivity index (χ4v) is 6.47. The quantitative estimate of drug-likeness (QED) is 0.604. The average Bonchev–Trinajstić information content (AvgIpc) is 3.08. The second kappa shape index (κ2) is 9.31. The lowest BCUT2D eigenvalue weighted by atomic mass is 9.76. The molecule has 1 atom stereocenters. The number of carbonyl (C=O) groups is 1. The maximum Gasteiger partial charge on any atom is 0.312 e. The molecule has 0 saturated carbocycles. The minimum Gasteiger partial charge on any atom is -0.462 e. The number of esters is 1. The number of piperidine rings is 1. The lowest BCUT2D eigenvalue weighted by Gasteiger charge is -2.37. The molecule has 3 saturated heterocycles. The molecule has 32 heavy (non-hydrogen) atoms. The van der Waals surface area contributed by atoms with Crippen LogP contribution in [0.25, 0.3) is 0 Å². The highest BCUT2D eigenvalue weighted by Gasteiger charge is 2.51. The number of aryl methyl sites for hydroxylation is 1. The van der Waals surface area contributed by atoms with Gasteiger partial charge in [-0.1, -0.05) is 17.7 Å². The van der Waals surface area contributed by atoms with E-state index in [4.69, 9.17) is 4.74 Å². The van der Waals surface area contributed by atoms with E-state index in [0.717, 1.165) is 45.6 Å². The minimum absolute atomic E-state index is 0.0501. The van der Waals surface area contributed by atoms with Crippen LogP contribution in [0.3, 0.4) is 0 Å². The molecule has 0 bridgehead atoms. The van der Waals surface area contributed by atoms with Crippen molar-refractivity contribution in [3.05, 3.63) is 29.8 Å². The monoisotopic (exact) mass is 463 g/mol. The van der Waals surface area contributed by atoms with E-state index in [1.165, 1.54) is 11.3 Å². The number of anilines is 1. The number of rotatable bonds is 6. The van der Waals surface area contributed by atoms with Crippen molar-refractivity contribution in [2.24, 2.45) is 5.41 Å². The Kier molecular flexibility index (Phi) is 6.84. The maximum absolute atomic E-state index is 12.7. The van der Waals surface area contributed by atoms with Gasteiger partial charge in [-0.3, -0.25) is 9.69 Å². The highest BCUT2D eigenvalue weighted by Crippen LogP contribution is 2.44. The minimum atomic E-state index is -3.26. The van der Waals surface area contributed by atoms with Crippen LogP contribution >= 0.6 is 0 Å². The van der Waals surface area contributed by atoms with Gasteiger partial charge in [0.25, 0.3) is 0 Å². The molecule has 3 aliphatic rings. The molecule has 0 radical (unpaired) electrons. The number of cyclic esters (lactones) is 1. The van der Waals surface area contributed by atoms with E-state index in [9.17, 15) is 13.2 Å². The molecule has 1 aromatic carbocycles. The van der Waals surface area contributed by atoms with Gasteiger partial charge in [0, 0.05) is 57.9 Å². The van der Waals surface area contributed by atoms with Crippen LogP contribution < -0.4 is 4.90 Å². The van der Waals surface area contributed by atoms with E-state index in [0.29, 0.717) is 25.9 Å². The zero-order chi connectivity index (χ0) is 22.9. The summed E-state index contributed by atoms with van der Waals surface area (Å²) >= 11 is 0. The summed E-state index contributed by atoms with van der Waals surface area (Å²) in [6.45, 7) is 11.4. The Bertz CT molecular complexity index is 900. The predicted octanol–water partition coefficient (Wildman–Crippen LogP) is 2.64. The predicted molar refractivity (Wildman–Crippen MR) is 126 cm³/mol. The Morgan fingerprint density at radius 1 is 1.03 bits per heavy atom. The molecule has 3 aliphatic heterocycles. The van der Waals surface area contributed by atoms with E-state index >= 15 is 0 Å². The fourth-order valence-electron chi connectivity index (χ4n) is 5.19. The summed E-state index contributed by atoms with van der Waals surface area (Å²) < 4.78 is 32.2. The number of carbonyl (C=O) groups excluding carboxylic acids is 1. The molecule has 0 aliphatic carbocycles. The zero-order valence-corrected chi connectivity index (χ0v) is 20.4. The van der Waals surface area contributed by atoms with Gasteiger partial charge in [-0.05, 0) is 52.2 Å². The van der Waals surface area contributed by atoms with Gasteiger partial charge in [-0.25, -0.2) is 12.7 Å². The first-order valence-electron chi connectivity index (χ1n) is 11.9. The summed E-state index contributed by atoms with van der Waals surface area (Å²) in [5.74, 6) is -0.117. The zero-order valence-electron chi connectivity index (χ0n) is 19.6. The summed E-state index contributed by atoms with van der Waals surface area (Å²) in [5, 5.41) is -0.425. The van der Waals surface area contributed by atoms with Crippen LogP contribution in [0.5, 0.6) is 0 Å². The molecule has 0 amide bonds. The van der Waals surface area contributed by atoms with Crippen LogP contribution in [0.4, 0.5) is 5.69 Å². The van der Waals surface area contributed by atoms with Gasteiger partial charge < -0.3 is 9.64 Å². The van der Waals surface area contributed by atoms with Crippen molar-refractivity contribution in [1.29, 1.82) is 0 Å². The molecule has 0 N–H and O–H groups in total. The summed E-state index contributed by atoms with van der Waals surface area (Å²) in [5.41, 5.74) is 2.08. The van der Waals surface area contributed by atoms with Crippen LogP contribution in [-0.2, 0) is 19.6 Å². The van der Waals surface area contributed by atoms with Crippen LogP contribution in [0, 0.1) is 12.3 Å². The number of piperazine rings is 1. The third-order valence-corrected chi connectivity index (χ3v) is 9.78. The first-order valence-corrected chi connectivity index (χ1v) is 13.4. The molecule has 0 aromatic heterocycles. The first-order chi connectivity index (χ1) is 15.2. The van der Waals surface area contributed by atoms with E-state index in [-0.39, 0.29) is 12.1 Å². The summed E-state index contributed by atoms with van der Waals surface area (Å²) in [7, 11) is -3.26. The number of benzene rings is 1. The third-order valence-electron chi connectivity index (χ3n) is 7.50. The van der Waals surface area contributed by atoms with Crippen molar-refractivity contribution in [2.45, 2.75) is 57.8 Å². The van der Waals surface area contributed by atoms with Gasteiger partial charge in [-0.2, -0.15) is 0 Å². The number of sulfonamides is 1. The number of nitrogens with zero attached hydrogens (tertiary/aromatic N) is 3. The van der Waals surface area contributed by atoms with Gasteiger partial charge >= 0.3 is 5.97 Å². The smallest absolute Gasteiger partial charge is 0.312 e. The number of hydrogen-bond donors (Lipinski definition) is 0. The molecule has 3 fully saturated rings. The van der Waals surface area contributed by atoms with Gasteiger partial charge in [0.1, 0.15) is 6.10 Å². The van der Waals surface area contributed by atoms with Crippen LogP contribution in [0.15, 0.2) is 24.3 Å². The van der Waals surface area contributed by atoms with E-state index in [1.807, 2.05) is 0 Å². The molecule has 178 valence electrons. The van der Waals surface area contributed by atoms with Crippen molar-refractivity contribution in [2.75, 3.05) is 50.7 Å². The molecular weight excluding hydrogens is 426 g/mol. The lowest BCUT2D eigenvalue weighted by Crippen LogP contribution is -2.47. The van der Waals surface area contributed by atoms with Gasteiger partial charge in [-0.15, -0.1) is 0 Å². The first kappa shape index (κ1) is 23.5. The highest BCUT2D eigenvalue weighted by atomic mass is 32.2. The Hall–Kier alpha value is -1.64. The van der Waals surface area contributed by atoms with Crippen molar-refractivity contribution in [3.63, 3.8) is 0 Å². The molecule has 4 rings (SSSR count). The molecule has 8 heteroatoms. The molecular formula is C24H37N3O4S. The standard InChI is InChI=1S/C24H37N3O4S/c1-19(2)32(29,30)27-12-9-24(10-13-27)18-22(31-23(24)28)8-11-25-14-16-26(17-15-25)21-6-4-20(3)5-7-21/h4-7,19,22H,8-18H2,1-3H3/t22-/m1/s1. The fraction of sp³-hybridized carbons (Fsp3) is 0.708. The van der Waals surface area contributed by atoms with Gasteiger partial charge in [0.05, 0.1) is 10.7 Å². The number of ether oxygens (including phenoxy) is 1. The average molecular weight is 464 g/mol. The van der Waals surface area contributed by atoms with E-state index < -0.39 is 20.7 Å². The van der Waals surface area contributed by atoms with Crippen LogP contribution in [-0.4, -0.2) is 80.8 Å². The molecule has 0 unspecified atom stereocenters. The van der Waals surface area contributed by atoms with E-state index in [2.05, 4.69) is 41.0 Å². The van der Waals surface area contributed by atoms with Gasteiger partial charge in [0.15, 0.2) is 0 Å². The van der Waals surface area contributed by atoms with Crippen molar-refractivity contribution >= 4 is 21.7 Å². The van der Waals surface area contributed by atoms with Crippen molar-refractivity contribution in [3.8, 4) is 0 Å². The molecule has 3 heterocycles. The molecule has 7 nitrogen and oxygen atoms in total. The maximum atomic E-state index is 12.7. The normalized spacial score (nSPS) is 24.9. The van der Waals surface area contributed by atoms with Crippen molar-refractivity contribution < 1.29 is 17.9 Å². The number of hydrogen-bond acceptors (Lipinski definition) is 6. The SMILES string of the molecule is Cc1ccc(N2CCN(CC[C@@H]3CC4(CCN(S(=O)(=O)C(C)C)CC4)C(=O)O3)CC2)cc1. The van der Waals surface area contributed by atoms with Gasteiger partial charge in [0.2, 0.25) is 10.0 Å². The highest BCUT2D eigenvalue weighted by molar-refractivity contribution is 7.89. The summed E-state index contributed by atoms with van der Waals surface area (Å²) in [6, 6.07) is 8.71. The third kappa shape index (κ3) is 4.82. The van der Waals surface area contributed by atoms with Crippen LogP contribution in [0.2, 0.25) is 0 Å². The Morgan fingerprint density at radius 3 is 2.25 bits per heavy atom. The molecule has 1 spiro atoms. The Labute approximate surface area is 192 Å². The second-order valence-electron chi connectivity index (χ2n) is 9.96. The summed E-state index contributed by atoms with van der Waals surface area (Å²) in [6.07, 6.45) is 2.68. The topological polar surface area (TPSA) is 70.2 Å². The van der Waals surface area contributed by atoms with E-state index in [1.54, 1.807) is 18.2 Å². The Balaban J connectivity index is 1.23. The molecule has 1 aromatic rings. The Morgan fingerprint density at radius 2 is 1.66 bits per heavy atom.